The van der Waals surface area contributed by atoms with Crippen LogP contribution >= 0.6 is 0 Å². The van der Waals surface area contributed by atoms with Crippen LogP contribution in [-0.2, 0) is 9.53 Å². The monoisotopic (exact) mass is 245 g/mol. The summed E-state index contributed by atoms with van der Waals surface area (Å²) in [5, 5.41) is 0. The Morgan fingerprint density at radius 2 is 1.94 bits per heavy atom. The molecule has 0 saturated carbocycles. The maximum atomic E-state index is 12.7. The second-order valence-corrected chi connectivity index (χ2v) is 3.31. The number of benzene rings is 1. The van der Waals surface area contributed by atoms with Crippen LogP contribution in [0, 0.1) is 0 Å². The topological polar surface area (TPSA) is 46.6 Å². The molecule has 1 atom stereocenters. The molecule has 4 nitrogen and oxygen atoms in total. The Hall–Kier alpha value is -2.05. The number of hydrogen-bond donors (Lipinski definition) is 0. The molecule has 0 N–H and O–H groups in total. The van der Waals surface area contributed by atoms with Crippen molar-refractivity contribution in [2.24, 2.45) is 0 Å². The molecule has 1 heterocycles. The molecule has 1 aliphatic rings. The van der Waals surface area contributed by atoms with Crippen molar-refractivity contribution in [3.05, 3.63) is 35.4 Å². The van der Waals surface area contributed by atoms with Gasteiger partial charge in [0.25, 0.3) is 12.4 Å². The van der Waals surface area contributed by atoms with Crippen LogP contribution in [0.1, 0.15) is 22.1 Å². The minimum atomic E-state index is -4.90. The van der Waals surface area contributed by atoms with Crippen molar-refractivity contribution in [2.75, 3.05) is 0 Å². The zero-order chi connectivity index (χ0) is 12.6. The Balaban J connectivity index is 2.51. The van der Waals surface area contributed by atoms with Gasteiger partial charge in [-0.1, -0.05) is 18.2 Å². The minimum Gasteiger partial charge on any atom is -0.439 e. The molecule has 0 aromatic heterocycles. The molecule has 90 valence electrons. The van der Waals surface area contributed by atoms with Crippen LogP contribution in [0.2, 0.25) is 0 Å². The molecule has 1 amide bonds. The number of hydrogen-bond acceptors (Lipinski definition) is 3. The van der Waals surface area contributed by atoms with Gasteiger partial charge >= 0.3 is 6.30 Å². The lowest BCUT2D eigenvalue weighted by Crippen LogP contribution is -2.41. The second-order valence-electron chi connectivity index (χ2n) is 3.31. The fraction of sp³-hybridized carbons (Fsp3) is 0.200. The first-order valence-corrected chi connectivity index (χ1v) is 4.55. The van der Waals surface area contributed by atoms with Crippen molar-refractivity contribution in [3.63, 3.8) is 0 Å². The Kier molecular flexibility index (Phi) is 2.53. The first kappa shape index (κ1) is 11.4. The highest BCUT2D eigenvalue weighted by Gasteiger charge is 2.52. The van der Waals surface area contributed by atoms with Crippen LogP contribution in [0.5, 0.6) is 0 Å². The quantitative estimate of drug-likeness (QED) is 0.590. The minimum absolute atomic E-state index is 0.0296. The van der Waals surface area contributed by atoms with Gasteiger partial charge in [0.1, 0.15) is 0 Å². The molecule has 1 unspecified atom stereocenters. The van der Waals surface area contributed by atoms with E-state index in [4.69, 9.17) is 0 Å². The molecule has 1 aromatic rings. The van der Waals surface area contributed by atoms with E-state index < -0.39 is 23.3 Å². The van der Waals surface area contributed by atoms with Gasteiger partial charge in [-0.25, -0.2) is 4.90 Å². The van der Waals surface area contributed by atoms with Crippen LogP contribution in [0.3, 0.4) is 0 Å². The van der Waals surface area contributed by atoms with Crippen LogP contribution in [0.25, 0.3) is 0 Å². The van der Waals surface area contributed by atoms with E-state index in [9.17, 15) is 22.8 Å². The summed E-state index contributed by atoms with van der Waals surface area (Å²) in [7, 11) is 0. The van der Waals surface area contributed by atoms with E-state index >= 15 is 0 Å². The SMILES string of the molecule is O=COC1c2ccccc2C(=O)N1C(F)(F)F. The van der Waals surface area contributed by atoms with Gasteiger partial charge in [0, 0.05) is 11.1 Å². The molecule has 0 radical (unpaired) electrons. The van der Waals surface area contributed by atoms with E-state index in [1.807, 2.05) is 0 Å². The molecule has 0 fully saturated rings. The number of alkyl halides is 3. The van der Waals surface area contributed by atoms with E-state index in [1.165, 1.54) is 24.3 Å². The Morgan fingerprint density at radius 1 is 1.29 bits per heavy atom. The number of ether oxygens (including phenoxy) is 1. The number of rotatable bonds is 2. The number of nitrogens with zero attached hydrogens (tertiary/aromatic N) is 1. The maximum Gasteiger partial charge on any atom is 0.490 e. The number of carbonyl (C=O) groups excluding carboxylic acids is 2. The lowest BCUT2D eigenvalue weighted by Gasteiger charge is -2.25. The van der Waals surface area contributed by atoms with Crippen molar-refractivity contribution in [3.8, 4) is 0 Å². The van der Waals surface area contributed by atoms with Crippen molar-refractivity contribution in [1.82, 2.24) is 4.90 Å². The van der Waals surface area contributed by atoms with Gasteiger partial charge in [0.15, 0.2) is 0 Å². The van der Waals surface area contributed by atoms with Crippen molar-refractivity contribution < 1.29 is 27.5 Å². The van der Waals surface area contributed by atoms with Crippen LogP contribution in [-0.4, -0.2) is 23.6 Å². The molecule has 2 rings (SSSR count). The van der Waals surface area contributed by atoms with Gasteiger partial charge in [0.05, 0.1) is 0 Å². The largest absolute Gasteiger partial charge is 0.490 e. The zero-order valence-corrected chi connectivity index (χ0v) is 8.27. The molecule has 0 saturated heterocycles. The summed E-state index contributed by atoms with van der Waals surface area (Å²) >= 11 is 0. The highest BCUT2D eigenvalue weighted by Crippen LogP contribution is 2.40. The normalized spacial score (nSPS) is 19.1. The first-order valence-electron chi connectivity index (χ1n) is 4.55. The van der Waals surface area contributed by atoms with E-state index in [0.29, 0.717) is 0 Å². The first-order chi connectivity index (χ1) is 7.96. The molecule has 17 heavy (non-hydrogen) atoms. The maximum absolute atomic E-state index is 12.7. The summed E-state index contributed by atoms with van der Waals surface area (Å²) in [5.74, 6) is -1.22. The highest BCUT2D eigenvalue weighted by molar-refractivity contribution is 5.99. The highest BCUT2D eigenvalue weighted by atomic mass is 19.4. The van der Waals surface area contributed by atoms with Gasteiger partial charge in [-0.3, -0.25) is 9.59 Å². The predicted molar refractivity (Wildman–Crippen MR) is 48.6 cm³/mol. The third kappa shape index (κ3) is 1.73. The molecule has 1 aliphatic heterocycles. The molecule has 0 bridgehead atoms. The summed E-state index contributed by atoms with van der Waals surface area (Å²) in [6.45, 7) is -0.112. The zero-order valence-electron chi connectivity index (χ0n) is 8.27. The van der Waals surface area contributed by atoms with E-state index in [-0.39, 0.29) is 17.6 Å². The van der Waals surface area contributed by atoms with Gasteiger partial charge in [-0.2, -0.15) is 0 Å². The molecular formula is C10H6F3NO3. The summed E-state index contributed by atoms with van der Waals surface area (Å²) < 4.78 is 42.3. The van der Waals surface area contributed by atoms with Crippen LogP contribution in [0.15, 0.2) is 24.3 Å². The third-order valence-corrected chi connectivity index (χ3v) is 2.37. The van der Waals surface area contributed by atoms with E-state index in [1.54, 1.807) is 0 Å². The summed E-state index contributed by atoms with van der Waals surface area (Å²) in [4.78, 5) is 21.4. The molecule has 0 spiro atoms. The molecule has 7 heteroatoms. The van der Waals surface area contributed by atoms with Gasteiger partial charge in [-0.05, 0) is 6.07 Å². The van der Waals surface area contributed by atoms with Crippen LogP contribution < -0.4 is 0 Å². The van der Waals surface area contributed by atoms with E-state index in [2.05, 4.69) is 4.74 Å². The smallest absolute Gasteiger partial charge is 0.439 e. The molecular weight excluding hydrogens is 239 g/mol. The number of carbonyl (C=O) groups is 2. The lowest BCUT2D eigenvalue weighted by molar-refractivity contribution is -0.260. The fourth-order valence-corrected chi connectivity index (χ4v) is 1.72. The summed E-state index contributed by atoms with van der Waals surface area (Å²) in [6, 6.07) is 5.47. The van der Waals surface area contributed by atoms with Gasteiger partial charge in [0.2, 0.25) is 6.23 Å². The Labute approximate surface area is 93.6 Å². The lowest BCUT2D eigenvalue weighted by atomic mass is 10.1. The van der Waals surface area contributed by atoms with Gasteiger partial charge in [-0.15, -0.1) is 13.2 Å². The van der Waals surface area contributed by atoms with Crippen molar-refractivity contribution in [1.29, 1.82) is 0 Å². The summed E-state index contributed by atoms with van der Waals surface area (Å²) in [6.07, 6.45) is -6.64. The third-order valence-electron chi connectivity index (χ3n) is 2.37. The van der Waals surface area contributed by atoms with Crippen LogP contribution in [0.4, 0.5) is 13.2 Å². The van der Waals surface area contributed by atoms with E-state index in [0.717, 1.165) is 0 Å². The Bertz CT molecular complexity index is 472. The average molecular weight is 245 g/mol. The van der Waals surface area contributed by atoms with Crippen molar-refractivity contribution in [2.45, 2.75) is 12.5 Å². The summed E-state index contributed by atoms with van der Waals surface area (Å²) in [5.41, 5.74) is -0.0846. The molecule has 1 aromatic carbocycles. The predicted octanol–water partition coefficient (Wildman–Crippen LogP) is 1.83. The van der Waals surface area contributed by atoms with Gasteiger partial charge < -0.3 is 4.74 Å². The second kappa shape index (κ2) is 3.76. The number of amides is 1. The average Bonchev–Trinajstić information content (AvgIpc) is 2.53. The van der Waals surface area contributed by atoms with Crippen molar-refractivity contribution >= 4 is 12.4 Å². The number of halogens is 3. The Morgan fingerprint density at radius 3 is 2.53 bits per heavy atom. The standard InChI is InChI=1S/C10H6F3NO3/c11-10(12,13)14-8(16)6-3-1-2-4-7(6)9(14)17-5-15/h1-5,9H. The molecule has 0 aliphatic carbocycles. The number of fused-ring (bicyclic) bond motifs is 1. The fourth-order valence-electron chi connectivity index (χ4n) is 1.72.